The number of aromatic hydroxyl groups is 1. The van der Waals surface area contributed by atoms with Crippen molar-refractivity contribution in [1.82, 2.24) is 0 Å². The Morgan fingerprint density at radius 2 is 1.40 bits per heavy atom. The van der Waals surface area contributed by atoms with Crippen LogP contribution in [0, 0.1) is 18.8 Å². The predicted molar refractivity (Wildman–Crippen MR) is 184 cm³/mol. The molecule has 0 unspecified atom stereocenters. The van der Waals surface area contributed by atoms with Gasteiger partial charge in [-0.05, 0) is 84.1 Å². The standard InChI is InChI=1S/C40H42O8/c1-4-5-6-7-8-19-47-39-24-37(44)35(23-38(39)46-3)36(43)21-30-13-11-28(12-14-30)9-10-29-15-17-33(18-16-29)48-40(45)34-22-31(25-41)27(2)20-32(34)26-42/h11-18,20,22-24,41-42,44H,4-8,19,21,25-26H2,1-3H3. The Hall–Kier alpha value is -5.10. The number of Topliss-reactive ketones (excluding diaryl/α,β-unsaturated/α-hetero) is 1. The number of carbonyl (C=O) groups is 2. The third-order valence-corrected chi connectivity index (χ3v) is 7.94. The number of ether oxygens (including phenoxy) is 3. The summed E-state index contributed by atoms with van der Waals surface area (Å²) in [5.41, 5.74) is 4.38. The zero-order valence-electron chi connectivity index (χ0n) is 27.7. The van der Waals surface area contributed by atoms with Crippen LogP contribution in [0.5, 0.6) is 23.0 Å². The zero-order chi connectivity index (χ0) is 34.5. The third-order valence-electron chi connectivity index (χ3n) is 7.94. The number of aliphatic hydroxyl groups excluding tert-OH is 2. The average Bonchev–Trinajstić information content (AvgIpc) is 3.09. The lowest BCUT2D eigenvalue weighted by atomic mass is 10.00. The Labute approximate surface area is 281 Å². The number of phenolic OH excluding ortho intramolecular Hbond substituents is 1. The second-order valence-electron chi connectivity index (χ2n) is 11.5. The highest BCUT2D eigenvalue weighted by molar-refractivity contribution is 6.00. The van der Waals surface area contributed by atoms with E-state index in [-0.39, 0.29) is 42.3 Å². The summed E-state index contributed by atoms with van der Waals surface area (Å²) >= 11 is 0. The smallest absolute Gasteiger partial charge is 0.343 e. The molecule has 0 radical (unpaired) electrons. The molecule has 0 bridgehead atoms. The second-order valence-corrected chi connectivity index (χ2v) is 11.5. The minimum absolute atomic E-state index is 0.0892. The molecule has 0 aliphatic carbocycles. The molecule has 0 saturated heterocycles. The number of unbranched alkanes of at least 4 members (excludes halogenated alkanes) is 4. The maximum absolute atomic E-state index is 13.1. The summed E-state index contributed by atoms with van der Waals surface area (Å²) in [6.45, 7) is 3.93. The molecule has 0 spiro atoms. The first kappa shape index (κ1) is 35.7. The van der Waals surface area contributed by atoms with Crippen molar-refractivity contribution >= 4 is 11.8 Å². The fourth-order valence-corrected chi connectivity index (χ4v) is 5.14. The van der Waals surface area contributed by atoms with Crippen molar-refractivity contribution in [2.75, 3.05) is 13.7 Å². The quantitative estimate of drug-likeness (QED) is 0.0410. The number of ketones is 1. The van der Waals surface area contributed by atoms with Crippen molar-refractivity contribution in [1.29, 1.82) is 0 Å². The molecule has 8 nitrogen and oxygen atoms in total. The van der Waals surface area contributed by atoms with Crippen LogP contribution in [0.4, 0.5) is 0 Å². The van der Waals surface area contributed by atoms with E-state index in [2.05, 4.69) is 18.8 Å². The van der Waals surface area contributed by atoms with Crippen LogP contribution in [0.25, 0.3) is 0 Å². The van der Waals surface area contributed by atoms with Gasteiger partial charge in [-0.3, -0.25) is 4.79 Å². The molecule has 0 atom stereocenters. The number of hydrogen-bond donors (Lipinski definition) is 3. The molecule has 4 rings (SSSR count). The van der Waals surface area contributed by atoms with Crippen molar-refractivity contribution in [2.24, 2.45) is 0 Å². The first-order valence-corrected chi connectivity index (χ1v) is 16.1. The molecular weight excluding hydrogens is 608 g/mol. The van der Waals surface area contributed by atoms with Crippen LogP contribution in [-0.4, -0.2) is 40.8 Å². The van der Waals surface area contributed by atoms with Crippen molar-refractivity contribution in [3.05, 3.63) is 117 Å². The van der Waals surface area contributed by atoms with E-state index in [0.717, 1.165) is 36.0 Å². The molecule has 0 aliphatic heterocycles. The Bertz CT molecular complexity index is 1760. The molecule has 0 heterocycles. The van der Waals surface area contributed by atoms with Gasteiger partial charge in [0.25, 0.3) is 0 Å². The topological polar surface area (TPSA) is 123 Å². The molecular formula is C40H42O8. The summed E-state index contributed by atoms with van der Waals surface area (Å²) in [6, 6.07) is 20.2. The fourth-order valence-electron chi connectivity index (χ4n) is 5.14. The highest BCUT2D eigenvalue weighted by Gasteiger charge is 2.18. The van der Waals surface area contributed by atoms with Gasteiger partial charge in [0, 0.05) is 23.6 Å². The van der Waals surface area contributed by atoms with Crippen molar-refractivity contribution in [2.45, 2.75) is 65.6 Å². The number of phenols is 1. The molecule has 4 aromatic rings. The summed E-state index contributed by atoms with van der Waals surface area (Å²) in [5.74, 6) is 6.27. The molecule has 4 aromatic carbocycles. The van der Waals surface area contributed by atoms with Crippen LogP contribution >= 0.6 is 0 Å². The van der Waals surface area contributed by atoms with E-state index in [1.807, 2.05) is 24.3 Å². The third kappa shape index (κ3) is 9.71. The summed E-state index contributed by atoms with van der Waals surface area (Å²) in [6.07, 6.45) is 5.61. The van der Waals surface area contributed by atoms with Gasteiger partial charge >= 0.3 is 5.97 Å². The highest BCUT2D eigenvalue weighted by Crippen LogP contribution is 2.35. The summed E-state index contributed by atoms with van der Waals surface area (Å²) in [5, 5.41) is 29.8. The molecule has 48 heavy (non-hydrogen) atoms. The van der Waals surface area contributed by atoms with Crippen LogP contribution in [0.1, 0.15) is 93.1 Å². The number of hydrogen-bond acceptors (Lipinski definition) is 8. The van der Waals surface area contributed by atoms with Crippen LogP contribution in [0.15, 0.2) is 72.8 Å². The Morgan fingerprint density at radius 3 is 2.02 bits per heavy atom. The summed E-state index contributed by atoms with van der Waals surface area (Å²) in [7, 11) is 1.51. The highest BCUT2D eigenvalue weighted by atomic mass is 16.5. The van der Waals surface area contributed by atoms with Crippen LogP contribution in [-0.2, 0) is 19.6 Å². The van der Waals surface area contributed by atoms with E-state index in [0.29, 0.717) is 40.5 Å². The number of benzene rings is 4. The lowest BCUT2D eigenvalue weighted by molar-refractivity contribution is 0.0730. The minimum Gasteiger partial charge on any atom is -0.507 e. The SMILES string of the molecule is CCCCCCCOc1cc(O)c(C(=O)Cc2ccc(C#Cc3ccc(OC(=O)c4cc(CO)c(C)cc4CO)cc3)cc2)cc1OC. The molecule has 0 fully saturated rings. The second kappa shape index (κ2) is 17.7. The molecule has 0 aromatic heterocycles. The molecule has 0 amide bonds. The Balaban J connectivity index is 1.34. The predicted octanol–water partition coefficient (Wildman–Crippen LogP) is 7.09. The van der Waals surface area contributed by atoms with E-state index in [1.54, 1.807) is 37.3 Å². The van der Waals surface area contributed by atoms with Crippen LogP contribution in [0.3, 0.4) is 0 Å². The monoisotopic (exact) mass is 650 g/mol. The van der Waals surface area contributed by atoms with Gasteiger partial charge in [0.15, 0.2) is 17.3 Å². The molecule has 3 N–H and O–H groups in total. The van der Waals surface area contributed by atoms with Gasteiger partial charge in [-0.25, -0.2) is 4.79 Å². The molecule has 0 aliphatic rings. The van der Waals surface area contributed by atoms with Gasteiger partial charge in [0.2, 0.25) is 0 Å². The maximum atomic E-state index is 13.1. The molecule has 250 valence electrons. The first-order chi connectivity index (χ1) is 23.3. The Morgan fingerprint density at radius 1 is 0.750 bits per heavy atom. The first-order valence-electron chi connectivity index (χ1n) is 16.1. The van der Waals surface area contributed by atoms with E-state index in [9.17, 15) is 24.9 Å². The van der Waals surface area contributed by atoms with Crippen molar-refractivity contribution in [3.63, 3.8) is 0 Å². The van der Waals surface area contributed by atoms with Crippen molar-refractivity contribution in [3.8, 4) is 34.8 Å². The summed E-state index contributed by atoms with van der Waals surface area (Å²) < 4.78 is 16.8. The molecule has 0 saturated carbocycles. The van der Waals surface area contributed by atoms with E-state index >= 15 is 0 Å². The van der Waals surface area contributed by atoms with E-state index in [4.69, 9.17) is 14.2 Å². The van der Waals surface area contributed by atoms with Crippen LogP contribution < -0.4 is 14.2 Å². The summed E-state index contributed by atoms with van der Waals surface area (Å²) in [4.78, 5) is 25.9. The zero-order valence-corrected chi connectivity index (χ0v) is 27.7. The number of aryl methyl sites for hydroxylation is 1. The normalized spacial score (nSPS) is 10.6. The van der Waals surface area contributed by atoms with Gasteiger partial charge in [0.05, 0.1) is 38.1 Å². The number of rotatable bonds is 15. The van der Waals surface area contributed by atoms with Gasteiger partial charge in [0.1, 0.15) is 11.5 Å². The van der Waals surface area contributed by atoms with Gasteiger partial charge in [-0.2, -0.15) is 0 Å². The number of carbonyl (C=O) groups excluding carboxylic acids is 2. The van der Waals surface area contributed by atoms with Crippen LogP contribution in [0.2, 0.25) is 0 Å². The minimum atomic E-state index is -0.630. The lowest BCUT2D eigenvalue weighted by Crippen LogP contribution is -2.13. The van der Waals surface area contributed by atoms with Gasteiger partial charge in [-0.15, -0.1) is 0 Å². The number of esters is 1. The van der Waals surface area contributed by atoms with Gasteiger partial charge in [-0.1, -0.05) is 62.6 Å². The lowest BCUT2D eigenvalue weighted by Gasteiger charge is -2.13. The van der Waals surface area contributed by atoms with E-state index < -0.39 is 5.97 Å². The number of aliphatic hydroxyl groups is 2. The fraction of sp³-hybridized carbons (Fsp3) is 0.300. The van der Waals surface area contributed by atoms with Gasteiger partial charge < -0.3 is 29.5 Å². The van der Waals surface area contributed by atoms with E-state index in [1.165, 1.54) is 38.2 Å². The maximum Gasteiger partial charge on any atom is 0.343 e. The average molecular weight is 651 g/mol. The number of methoxy groups -OCH3 is 1. The Kier molecular flexibility index (Phi) is 13.2. The van der Waals surface area contributed by atoms with Crippen molar-refractivity contribution < 1.29 is 39.1 Å². The molecule has 8 heteroatoms. The largest absolute Gasteiger partial charge is 0.507 e.